The van der Waals surface area contributed by atoms with E-state index in [0.717, 1.165) is 57.0 Å². The maximum atomic E-state index is 5.69. The van der Waals surface area contributed by atoms with Crippen LogP contribution < -0.4 is 15.4 Å². The average molecular weight is 502 g/mol. The van der Waals surface area contributed by atoms with Crippen molar-refractivity contribution >= 4 is 29.9 Å². The fraction of sp³-hybridized carbons (Fsp3) is 0.667. The minimum atomic E-state index is 0. The summed E-state index contributed by atoms with van der Waals surface area (Å²) in [6.45, 7) is 5.45. The molecule has 2 fully saturated rings. The number of rotatable bonds is 10. The molecule has 0 spiro atoms. The first-order chi connectivity index (χ1) is 13.3. The molecule has 7 heteroatoms. The molecule has 1 aromatic rings. The molecule has 1 saturated heterocycles. The predicted molar refractivity (Wildman–Crippen MR) is 125 cm³/mol. The zero-order chi connectivity index (χ0) is 18.9. The third-order valence-electron chi connectivity index (χ3n) is 5.36. The number of nitrogens with one attached hydrogen (secondary N) is 2. The molecule has 2 aliphatic rings. The van der Waals surface area contributed by atoms with Crippen LogP contribution in [0.5, 0.6) is 5.75 Å². The number of hydrogen-bond donors (Lipinski definition) is 2. The largest absolute Gasteiger partial charge is 0.496 e. The van der Waals surface area contributed by atoms with Crippen molar-refractivity contribution in [3.63, 3.8) is 0 Å². The quantitative estimate of drug-likeness (QED) is 0.223. The van der Waals surface area contributed by atoms with Crippen LogP contribution in [-0.4, -0.2) is 64.4 Å². The molecule has 1 aliphatic carbocycles. The van der Waals surface area contributed by atoms with Crippen molar-refractivity contribution in [1.82, 2.24) is 15.5 Å². The van der Waals surface area contributed by atoms with Gasteiger partial charge in [-0.3, -0.25) is 9.89 Å². The Bertz CT molecular complexity index is 604. The summed E-state index contributed by atoms with van der Waals surface area (Å²) in [6, 6.07) is 8.60. The number of hydrogen-bond acceptors (Lipinski definition) is 4. The molecule has 1 saturated carbocycles. The lowest BCUT2D eigenvalue weighted by Crippen LogP contribution is -2.43. The topological polar surface area (TPSA) is 58.1 Å². The van der Waals surface area contributed by atoms with Gasteiger partial charge in [-0.05, 0) is 50.8 Å². The summed E-state index contributed by atoms with van der Waals surface area (Å²) in [7, 11) is 3.56. The Labute approximate surface area is 186 Å². The standard InChI is InChI=1S/C21H34N4O2.HI/c1-22-21(23-11-14-27-16-17-9-10-17)24-15-19(25-12-5-6-13-25)18-7-3-4-8-20(18)26-2;/h3-4,7-8,17,19H,5-6,9-16H2,1-2H3,(H2,22,23,24);1H. The second-order valence-electron chi connectivity index (χ2n) is 7.40. The fourth-order valence-electron chi connectivity index (χ4n) is 3.62. The van der Waals surface area contributed by atoms with E-state index in [0.29, 0.717) is 0 Å². The summed E-state index contributed by atoms with van der Waals surface area (Å²) in [4.78, 5) is 6.90. The Morgan fingerprint density at radius 1 is 1.21 bits per heavy atom. The number of aliphatic imine (C=N–C) groups is 1. The molecule has 1 aromatic carbocycles. The summed E-state index contributed by atoms with van der Waals surface area (Å²) < 4.78 is 11.3. The van der Waals surface area contributed by atoms with E-state index < -0.39 is 0 Å². The van der Waals surface area contributed by atoms with Gasteiger partial charge in [0.2, 0.25) is 0 Å². The number of benzene rings is 1. The maximum absolute atomic E-state index is 5.69. The number of ether oxygens (including phenoxy) is 2. The summed E-state index contributed by atoms with van der Waals surface area (Å²) in [6.07, 6.45) is 5.18. The van der Waals surface area contributed by atoms with Gasteiger partial charge in [0.25, 0.3) is 0 Å². The molecule has 1 atom stereocenters. The fourth-order valence-corrected chi connectivity index (χ4v) is 3.62. The molecule has 28 heavy (non-hydrogen) atoms. The highest BCUT2D eigenvalue weighted by molar-refractivity contribution is 14.0. The second kappa shape index (κ2) is 12.5. The number of methoxy groups -OCH3 is 1. The normalized spacial score (nSPS) is 18.4. The smallest absolute Gasteiger partial charge is 0.191 e. The van der Waals surface area contributed by atoms with Crippen LogP contribution in [-0.2, 0) is 4.74 Å². The zero-order valence-corrected chi connectivity index (χ0v) is 19.5. The molecule has 6 nitrogen and oxygen atoms in total. The van der Waals surface area contributed by atoms with E-state index in [1.807, 2.05) is 19.2 Å². The summed E-state index contributed by atoms with van der Waals surface area (Å²) in [5, 5.41) is 6.85. The van der Waals surface area contributed by atoms with Crippen LogP contribution in [0.15, 0.2) is 29.3 Å². The molecular formula is C21H35IN4O2. The Morgan fingerprint density at radius 2 is 1.96 bits per heavy atom. The molecule has 0 amide bonds. The van der Waals surface area contributed by atoms with Crippen molar-refractivity contribution < 1.29 is 9.47 Å². The van der Waals surface area contributed by atoms with Crippen LogP contribution in [0, 0.1) is 5.92 Å². The summed E-state index contributed by atoms with van der Waals surface area (Å²) >= 11 is 0. The van der Waals surface area contributed by atoms with Gasteiger partial charge in [0.1, 0.15) is 5.75 Å². The first kappa shape index (κ1) is 23.2. The number of para-hydroxylation sites is 1. The molecule has 3 rings (SSSR count). The molecule has 2 N–H and O–H groups in total. The average Bonchev–Trinajstić information content (AvgIpc) is 3.38. The Balaban J connectivity index is 0.00000280. The van der Waals surface area contributed by atoms with Crippen LogP contribution in [0.25, 0.3) is 0 Å². The molecule has 1 heterocycles. The molecule has 0 aromatic heterocycles. The van der Waals surface area contributed by atoms with Crippen molar-refractivity contribution in [3.8, 4) is 5.75 Å². The van der Waals surface area contributed by atoms with Crippen LogP contribution >= 0.6 is 24.0 Å². The van der Waals surface area contributed by atoms with Crippen molar-refractivity contribution in [2.24, 2.45) is 10.9 Å². The lowest BCUT2D eigenvalue weighted by Gasteiger charge is -2.30. The molecule has 1 aliphatic heterocycles. The molecule has 158 valence electrons. The van der Waals surface area contributed by atoms with Gasteiger partial charge in [-0.15, -0.1) is 24.0 Å². The summed E-state index contributed by atoms with van der Waals surface area (Å²) in [5.41, 5.74) is 1.23. The highest BCUT2D eigenvalue weighted by Gasteiger charge is 2.26. The van der Waals surface area contributed by atoms with Crippen molar-refractivity contribution in [3.05, 3.63) is 29.8 Å². The van der Waals surface area contributed by atoms with Crippen LogP contribution in [0.4, 0.5) is 0 Å². The van der Waals surface area contributed by atoms with Gasteiger partial charge in [-0.25, -0.2) is 0 Å². The van der Waals surface area contributed by atoms with Gasteiger partial charge in [0.15, 0.2) is 5.96 Å². The van der Waals surface area contributed by atoms with Crippen LogP contribution in [0.3, 0.4) is 0 Å². The van der Waals surface area contributed by atoms with Gasteiger partial charge < -0.3 is 20.1 Å². The number of halogens is 1. The Kier molecular flexibility index (Phi) is 10.4. The van der Waals surface area contributed by atoms with Gasteiger partial charge in [-0.2, -0.15) is 0 Å². The minimum Gasteiger partial charge on any atom is -0.496 e. The summed E-state index contributed by atoms with van der Waals surface area (Å²) in [5.74, 6) is 2.58. The van der Waals surface area contributed by atoms with E-state index in [9.17, 15) is 0 Å². The monoisotopic (exact) mass is 502 g/mol. The van der Waals surface area contributed by atoms with E-state index in [1.54, 1.807) is 7.11 Å². The molecule has 0 radical (unpaired) electrons. The second-order valence-corrected chi connectivity index (χ2v) is 7.40. The van der Waals surface area contributed by atoms with Gasteiger partial charge in [-0.1, -0.05) is 18.2 Å². The first-order valence-corrected chi connectivity index (χ1v) is 10.2. The van der Waals surface area contributed by atoms with E-state index in [4.69, 9.17) is 9.47 Å². The Hall–Kier alpha value is -1.06. The molecule has 0 bridgehead atoms. The van der Waals surface area contributed by atoms with Crippen molar-refractivity contribution in [1.29, 1.82) is 0 Å². The van der Waals surface area contributed by atoms with Crippen molar-refractivity contribution in [2.45, 2.75) is 31.7 Å². The highest BCUT2D eigenvalue weighted by Crippen LogP contribution is 2.31. The number of likely N-dealkylation sites (tertiary alicyclic amines) is 1. The third-order valence-corrected chi connectivity index (χ3v) is 5.36. The lowest BCUT2D eigenvalue weighted by molar-refractivity contribution is 0.129. The first-order valence-electron chi connectivity index (χ1n) is 10.2. The number of nitrogens with zero attached hydrogens (tertiary/aromatic N) is 2. The van der Waals surface area contributed by atoms with E-state index in [2.05, 4.69) is 32.7 Å². The minimum absolute atomic E-state index is 0. The number of guanidine groups is 1. The van der Waals surface area contributed by atoms with Gasteiger partial charge >= 0.3 is 0 Å². The van der Waals surface area contributed by atoms with Crippen LogP contribution in [0.2, 0.25) is 0 Å². The SMILES string of the molecule is CN=C(NCCOCC1CC1)NCC(c1ccccc1OC)N1CCCC1.I. The van der Waals surface area contributed by atoms with Crippen molar-refractivity contribution in [2.75, 3.05) is 53.6 Å². The highest BCUT2D eigenvalue weighted by atomic mass is 127. The zero-order valence-electron chi connectivity index (χ0n) is 17.2. The molecular weight excluding hydrogens is 467 g/mol. The predicted octanol–water partition coefficient (Wildman–Crippen LogP) is 3.04. The van der Waals surface area contributed by atoms with Gasteiger partial charge in [0.05, 0.1) is 19.8 Å². The van der Waals surface area contributed by atoms with Gasteiger partial charge in [0, 0.05) is 32.3 Å². The van der Waals surface area contributed by atoms with E-state index >= 15 is 0 Å². The maximum Gasteiger partial charge on any atom is 0.191 e. The molecule has 1 unspecified atom stereocenters. The Morgan fingerprint density at radius 3 is 2.64 bits per heavy atom. The van der Waals surface area contributed by atoms with E-state index in [1.165, 1.54) is 31.2 Å². The van der Waals surface area contributed by atoms with Crippen LogP contribution in [0.1, 0.15) is 37.3 Å². The van der Waals surface area contributed by atoms with E-state index in [-0.39, 0.29) is 30.0 Å². The lowest BCUT2D eigenvalue weighted by atomic mass is 10.0. The third kappa shape index (κ3) is 7.08.